The maximum Gasteiger partial charge on any atom is 0.269 e. The highest BCUT2D eigenvalue weighted by Gasteiger charge is 2.27. The summed E-state index contributed by atoms with van der Waals surface area (Å²) in [5, 5.41) is 2.91. The molecule has 4 rings (SSSR count). The van der Waals surface area contributed by atoms with E-state index in [-0.39, 0.29) is 12.5 Å². The molecule has 0 aliphatic carbocycles. The lowest BCUT2D eigenvalue weighted by Crippen LogP contribution is -2.40. The predicted octanol–water partition coefficient (Wildman–Crippen LogP) is 3.46. The first-order valence-electron chi connectivity index (χ1n) is 8.84. The lowest BCUT2D eigenvalue weighted by atomic mass is 10.1. The standard InChI is InChI=1S/C20H22N2O3/c23-20(19-14-24-17-6-2-3-7-18(17)25-19)21-15-8-10-16(11-9-15)22-12-4-1-5-13-22/h2-3,6-11,19H,1,4-5,12-14H2,(H,21,23). The fraction of sp³-hybridized carbons (Fsp3) is 0.350. The summed E-state index contributed by atoms with van der Waals surface area (Å²) in [6.07, 6.45) is 3.17. The van der Waals surface area contributed by atoms with Crippen LogP contribution in [0.5, 0.6) is 11.5 Å². The Labute approximate surface area is 147 Å². The number of nitrogens with zero attached hydrogens (tertiary/aromatic N) is 1. The number of rotatable bonds is 3. The smallest absolute Gasteiger partial charge is 0.269 e. The monoisotopic (exact) mass is 338 g/mol. The van der Waals surface area contributed by atoms with Crippen molar-refractivity contribution in [2.75, 3.05) is 29.9 Å². The van der Waals surface area contributed by atoms with Crippen molar-refractivity contribution in [3.63, 3.8) is 0 Å². The van der Waals surface area contributed by atoms with Crippen molar-refractivity contribution < 1.29 is 14.3 Å². The number of ether oxygens (including phenoxy) is 2. The zero-order valence-electron chi connectivity index (χ0n) is 14.1. The molecule has 0 radical (unpaired) electrons. The SMILES string of the molecule is O=C(Nc1ccc(N2CCCCC2)cc1)C1COc2ccccc2O1. The first-order chi connectivity index (χ1) is 12.3. The molecular formula is C20H22N2O3. The van der Waals surface area contributed by atoms with E-state index in [2.05, 4.69) is 22.3 Å². The summed E-state index contributed by atoms with van der Waals surface area (Å²) in [6, 6.07) is 15.4. The van der Waals surface area contributed by atoms with Crippen LogP contribution in [0.4, 0.5) is 11.4 Å². The molecule has 2 aliphatic rings. The van der Waals surface area contributed by atoms with E-state index in [1.807, 2.05) is 36.4 Å². The van der Waals surface area contributed by atoms with Gasteiger partial charge in [0.25, 0.3) is 5.91 Å². The van der Waals surface area contributed by atoms with Gasteiger partial charge in [0.15, 0.2) is 11.5 Å². The quantitative estimate of drug-likeness (QED) is 0.931. The van der Waals surface area contributed by atoms with E-state index in [4.69, 9.17) is 9.47 Å². The summed E-state index contributed by atoms with van der Waals surface area (Å²) >= 11 is 0. The van der Waals surface area contributed by atoms with Crippen LogP contribution in [0.15, 0.2) is 48.5 Å². The van der Waals surface area contributed by atoms with Crippen LogP contribution in [0, 0.1) is 0 Å². The molecule has 2 aliphatic heterocycles. The van der Waals surface area contributed by atoms with Gasteiger partial charge in [-0.3, -0.25) is 4.79 Å². The Morgan fingerprint density at radius 2 is 1.68 bits per heavy atom. The van der Waals surface area contributed by atoms with Crippen molar-refractivity contribution in [3.8, 4) is 11.5 Å². The van der Waals surface area contributed by atoms with Gasteiger partial charge in [0, 0.05) is 24.5 Å². The van der Waals surface area contributed by atoms with Gasteiger partial charge >= 0.3 is 0 Å². The van der Waals surface area contributed by atoms with Crippen LogP contribution in [0.3, 0.4) is 0 Å². The van der Waals surface area contributed by atoms with Gasteiger partial charge < -0.3 is 19.7 Å². The normalized spacial score (nSPS) is 19.4. The van der Waals surface area contributed by atoms with Crippen LogP contribution in [0.1, 0.15) is 19.3 Å². The van der Waals surface area contributed by atoms with Gasteiger partial charge in [-0.15, -0.1) is 0 Å². The molecule has 25 heavy (non-hydrogen) atoms. The zero-order chi connectivity index (χ0) is 17.1. The molecule has 0 bridgehead atoms. The maximum absolute atomic E-state index is 12.4. The molecule has 1 atom stereocenters. The van der Waals surface area contributed by atoms with Gasteiger partial charge in [0.2, 0.25) is 6.10 Å². The third-order valence-electron chi connectivity index (χ3n) is 4.66. The van der Waals surface area contributed by atoms with Crippen molar-refractivity contribution in [2.45, 2.75) is 25.4 Å². The topological polar surface area (TPSA) is 50.8 Å². The fourth-order valence-corrected chi connectivity index (χ4v) is 3.28. The minimum atomic E-state index is -0.642. The Morgan fingerprint density at radius 3 is 2.44 bits per heavy atom. The van der Waals surface area contributed by atoms with E-state index < -0.39 is 6.10 Å². The molecule has 0 saturated carbocycles. The summed E-state index contributed by atoms with van der Waals surface area (Å²) in [7, 11) is 0. The van der Waals surface area contributed by atoms with Gasteiger partial charge in [-0.1, -0.05) is 12.1 Å². The van der Waals surface area contributed by atoms with Crippen LogP contribution >= 0.6 is 0 Å². The van der Waals surface area contributed by atoms with Crippen LogP contribution in [0.25, 0.3) is 0 Å². The van der Waals surface area contributed by atoms with Crippen molar-refractivity contribution in [2.24, 2.45) is 0 Å². The number of benzene rings is 2. The molecule has 0 spiro atoms. The molecule has 5 heteroatoms. The number of hydrogen-bond acceptors (Lipinski definition) is 4. The molecule has 5 nitrogen and oxygen atoms in total. The number of anilines is 2. The Morgan fingerprint density at radius 1 is 0.960 bits per heavy atom. The molecule has 1 N–H and O–H groups in total. The van der Waals surface area contributed by atoms with E-state index in [9.17, 15) is 4.79 Å². The highest BCUT2D eigenvalue weighted by molar-refractivity contribution is 5.94. The number of carbonyl (C=O) groups is 1. The Kier molecular flexibility index (Phi) is 4.46. The molecule has 1 fully saturated rings. The lowest BCUT2D eigenvalue weighted by molar-refractivity contribution is -0.125. The lowest BCUT2D eigenvalue weighted by Gasteiger charge is -2.29. The summed E-state index contributed by atoms with van der Waals surface area (Å²) in [5.41, 5.74) is 1.98. The van der Waals surface area contributed by atoms with Gasteiger partial charge in [-0.05, 0) is 55.7 Å². The Bertz CT molecular complexity index is 739. The van der Waals surface area contributed by atoms with Crippen LogP contribution in [-0.2, 0) is 4.79 Å². The highest BCUT2D eigenvalue weighted by atomic mass is 16.6. The third kappa shape index (κ3) is 3.55. The van der Waals surface area contributed by atoms with Gasteiger partial charge in [0.1, 0.15) is 6.61 Å². The first kappa shape index (κ1) is 15.8. The van der Waals surface area contributed by atoms with Crippen molar-refractivity contribution in [1.82, 2.24) is 0 Å². The van der Waals surface area contributed by atoms with Crippen molar-refractivity contribution in [3.05, 3.63) is 48.5 Å². The largest absolute Gasteiger partial charge is 0.485 e. The number of fused-ring (bicyclic) bond motifs is 1. The maximum atomic E-state index is 12.4. The number of amides is 1. The first-order valence-corrected chi connectivity index (χ1v) is 8.84. The molecule has 2 aromatic rings. The van der Waals surface area contributed by atoms with Crippen molar-refractivity contribution >= 4 is 17.3 Å². The average Bonchev–Trinajstić information content (AvgIpc) is 2.69. The van der Waals surface area contributed by atoms with Crippen molar-refractivity contribution in [1.29, 1.82) is 0 Å². The zero-order valence-corrected chi connectivity index (χ0v) is 14.1. The number of hydrogen-bond donors (Lipinski definition) is 1. The summed E-state index contributed by atoms with van der Waals surface area (Å²) in [4.78, 5) is 14.8. The molecule has 130 valence electrons. The Balaban J connectivity index is 1.38. The van der Waals surface area contributed by atoms with Crippen LogP contribution in [-0.4, -0.2) is 31.7 Å². The molecule has 1 unspecified atom stereocenters. The molecule has 2 aromatic carbocycles. The van der Waals surface area contributed by atoms with Crippen LogP contribution < -0.4 is 19.7 Å². The molecule has 1 saturated heterocycles. The minimum absolute atomic E-state index is 0.194. The van der Waals surface area contributed by atoms with Gasteiger partial charge in [0.05, 0.1) is 0 Å². The van der Waals surface area contributed by atoms with E-state index in [1.54, 1.807) is 0 Å². The highest BCUT2D eigenvalue weighted by Crippen LogP contribution is 2.31. The number of piperidine rings is 1. The summed E-state index contributed by atoms with van der Waals surface area (Å²) in [6.45, 7) is 2.44. The number of nitrogens with one attached hydrogen (secondary N) is 1. The predicted molar refractivity (Wildman–Crippen MR) is 97.5 cm³/mol. The third-order valence-corrected chi connectivity index (χ3v) is 4.66. The second kappa shape index (κ2) is 7.05. The second-order valence-corrected chi connectivity index (χ2v) is 6.45. The van der Waals surface area contributed by atoms with E-state index >= 15 is 0 Å². The van der Waals surface area contributed by atoms with E-state index in [0.29, 0.717) is 11.5 Å². The van der Waals surface area contributed by atoms with Gasteiger partial charge in [-0.25, -0.2) is 0 Å². The van der Waals surface area contributed by atoms with Crippen LogP contribution in [0.2, 0.25) is 0 Å². The molecule has 0 aromatic heterocycles. The van der Waals surface area contributed by atoms with E-state index in [0.717, 1.165) is 18.8 Å². The molecule has 2 heterocycles. The minimum Gasteiger partial charge on any atom is -0.485 e. The van der Waals surface area contributed by atoms with E-state index in [1.165, 1.54) is 24.9 Å². The van der Waals surface area contributed by atoms with Gasteiger partial charge in [-0.2, -0.15) is 0 Å². The molecule has 1 amide bonds. The Hall–Kier alpha value is -2.69. The number of para-hydroxylation sites is 2. The molecular weight excluding hydrogens is 316 g/mol. The average molecular weight is 338 g/mol. The summed E-state index contributed by atoms with van der Waals surface area (Å²) in [5.74, 6) is 1.09. The second-order valence-electron chi connectivity index (χ2n) is 6.45. The fourth-order valence-electron chi connectivity index (χ4n) is 3.28. The summed E-state index contributed by atoms with van der Waals surface area (Å²) < 4.78 is 11.3. The number of carbonyl (C=O) groups excluding carboxylic acids is 1.